The smallest absolute Gasteiger partial charge is 0.233 e. The zero-order valence-corrected chi connectivity index (χ0v) is 11.3. The van der Waals surface area contributed by atoms with Crippen LogP contribution in [0.2, 0.25) is 0 Å². The molecule has 97 valence electrons. The van der Waals surface area contributed by atoms with Gasteiger partial charge in [-0.15, -0.1) is 0 Å². The molecule has 0 aliphatic rings. The Hall–Kier alpha value is -2.09. The van der Waals surface area contributed by atoms with Crippen LogP contribution in [0.1, 0.15) is 29.2 Å². The van der Waals surface area contributed by atoms with E-state index in [0.29, 0.717) is 12.2 Å². The molecule has 0 N–H and O–H groups in total. The number of hydrogen-bond acceptors (Lipinski definition) is 2. The summed E-state index contributed by atoms with van der Waals surface area (Å²) in [5.41, 5.74) is 3.75. The molecule has 0 fully saturated rings. The van der Waals surface area contributed by atoms with Crippen molar-refractivity contribution < 1.29 is 9.53 Å². The highest BCUT2D eigenvalue weighted by Gasteiger charge is 2.09. The zero-order chi connectivity index (χ0) is 13.7. The first-order valence-corrected chi connectivity index (χ1v) is 6.43. The van der Waals surface area contributed by atoms with Gasteiger partial charge in [-0.2, -0.15) is 0 Å². The first kappa shape index (κ1) is 13.3. The molecule has 0 bridgehead atoms. The summed E-state index contributed by atoms with van der Waals surface area (Å²) in [4.78, 5) is 10.8. The van der Waals surface area contributed by atoms with E-state index in [-0.39, 0.29) is 0 Å². The van der Waals surface area contributed by atoms with Crippen LogP contribution in [0, 0.1) is 6.92 Å². The maximum atomic E-state index is 10.8. The molecule has 0 aliphatic heterocycles. The minimum Gasteiger partial charge on any atom is -0.488 e. The predicted molar refractivity (Wildman–Crippen MR) is 76.1 cm³/mol. The van der Waals surface area contributed by atoms with Crippen molar-refractivity contribution in [1.29, 1.82) is 0 Å². The topological polar surface area (TPSA) is 26.3 Å². The van der Waals surface area contributed by atoms with E-state index in [9.17, 15) is 4.79 Å². The summed E-state index contributed by atoms with van der Waals surface area (Å²) < 4.78 is 5.91. The standard InChI is InChI=1S/C17H17O2/c1-3-16-10-15(11-18)9-13(2)17(16)19-12-14-7-5-4-6-8-14/h4-10H,3,12H2,1-2H3. The number of ether oxygens (including phenoxy) is 1. The van der Waals surface area contributed by atoms with Crippen LogP contribution in [0.5, 0.6) is 5.75 Å². The van der Waals surface area contributed by atoms with E-state index >= 15 is 0 Å². The Labute approximate surface area is 114 Å². The maximum Gasteiger partial charge on any atom is 0.233 e. The van der Waals surface area contributed by atoms with Gasteiger partial charge in [-0.3, -0.25) is 4.79 Å². The SMILES string of the molecule is CCc1cc([C]=O)cc(C)c1OCc1ccccc1. The fourth-order valence-corrected chi connectivity index (χ4v) is 2.10. The number of carbonyl (C=O) groups excluding carboxylic acids is 1. The third-order valence-electron chi connectivity index (χ3n) is 3.08. The molecule has 2 rings (SSSR count). The van der Waals surface area contributed by atoms with Crippen LogP contribution in [0.4, 0.5) is 0 Å². The zero-order valence-electron chi connectivity index (χ0n) is 11.3. The van der Waals surface area contributed by atoms with E-state index in [0.717, 1.165) is 28.9 Å². The average molecular weight is 253 g/mol. The van der Waals surface area contributed by atoms with Gasteiger partial charge in [0, 0.05) is 5.56 Å². The summed E-state index contributed by atoms with van der Waals surface area (Å²) in [6.07, 6.45) is 2.77. The van der Waals surface area contributed by atoms with Gasteiger partial charge < -0.3 is 4.74 Å². The van der Waals surface area contributed by atoms with Crippen LogP contribution in [0.15, 0.2) is 42.5 Å². The Balaban J connectivity index is 2.22. The highest BCUT2D eigenvalue weighted by atomic mass is 16.5. The third-order valence-corrected chi connectivity index (χ3v) is 3.08. The second-order valence-electron chi connectivity index (χ2n) is 4.51. The molecule has 0 aromatic heterocycles. The lowest BCUT2D eigenvalue weighted by molar-refractivity contribution is 0.301. The van der Waals surface area contributed by atoms with Crippen molar-refractivity contribution in [2.24, 2.45) is 0 Å². The van der Waals surface area contributed by atoms with Crippen molar-refractivity contribution in [2.45, 2.75) is 26.9 Å². The van der Waals surface area contributed by atoms with Gasteiger partial charge in [0.15, 0.2) is 0 Å². The van der Waals surface area contributed by atoms with Gasteiger partial charge in [-0.05, 0) is 42.2 Å². The van der Waals surface area contributed by atoms with Crippen molar-refractivity contribution in [1.82, 2.24) is 0 Å². The van der Waals surface area contributed by atoms with Crippen LogP contribution in [-0.4, -0.2) is 6.29 Å². The van der Waals surface area contributed by atoms with Gasteiger partial charge in [0.1, 0.15) is 12.4 Å². The molecule has 0 unspecified atom stereocenters. The van der Waals surface area contributed by atoms with Crippen molar-refractivity contribution in [3.8, 4) is 5.75 Å². The van der Waals surface area contributed by atoms with Gasteiger partial charge in [0.25, 0.3) is 0 Å². The molecular weight excluding hydrogens is 236 g/mol. The monoisotopic (exact) mass is 253 g/mol. The number of benzene rings is 2. The van der Waals surface area contributed by atoms with E-state index in [2.05, 4.69) is 6.92 Å². The first-order valence-electron chi connectivity index (χ1n) is 6.43. The van der Waals surface area contributed by atoms with Crippen LogP contribution in [-0.2, 0) is 17.8 Å². The Morgan fingerprint density at radius 3 is 2.53 bits per heavy atom. The molecule has 0 heterocycles. The third kappa shape index (κ3) is 3.22. The highest BCUT2D eigenvalue weighted by Crippen LogP contribution is 2.26. The summed E-state index contributed by atoms with van der Waals surface area (Å²) in [5.74, 6) is 0.880. The van der Waals surface area contributed by atoms with E-state index in [1.54, 1.807) is 0 Å². The van der Waals surface area contributed by atoms with Crippen molar-refractivity contribution >= 4 is 6.29 Å². The predicted octanol–water partition coefficient (Wildman–Crippen LogP) is 3.59. The minimum atomic E-state index is 0.541. The van der Waals surface area contributed by atoms with Crippen LogP contribution < -0.4 is 4.74 Å². The molecule has 0 saturated heterocycles. The molecule has 2 aromatic carbocycles. The van der Waals surface area contributed by atoms with Crippen LogP contribution in [0.25, 0.3) is 0 Å². The molecule has 1 radical (unpaired) electrons. The molecule has 0 amide bonds. The normalized spacial score (nSPS) is 10.2. The molecule has 0 aliphatic carbocycles. The Morgan fingerprint density at radius 1 is 1.16 bits per heavy atom. The van der Waals surface area contributed by atoms with Gasteiger partial charge in [-0.1, -0.05) is 37.3 Å². The lowest BCUT2D eigenvalue weighted by Gasteiger charge is -2.14. The van der Waals surface area contributed by atoms with Crippen molar-refractivity contribution in [3.05, 3.63) is 64.7 Å². The van der Waals surface area contributed by atoms with E-state index in [1.807, 2.05) is 55.7 Å². The average Bonchev–Trinajstić information content (AvgIpc) is 2.46. The van der Waals surface area contributed by atoms with Crippen molar-refractivity contribution in [2.75, 3.05) is 0 Å². The second-order valence-corrected chi connectivity index (χ2v) is 4.51. The molecule has 2 heteroatoms. The van der Waals surface area contributed by atoms with E-state index in [1.165, 1.54) is 0 Å². The van der Waals surface area contributed by atoms with Gasteiger partial charge >= 0.3 is 0 Å². The number of hydrogen-bond donors (Lipinski definition) is 0. The lowest BCUT2D eigenvalue weighted by Crippen LogP contribution is -2.01. The summed E-state index contributed by atoms with van der Waals surface area (Å²) in [6.45, 7) is 4.55. The minimum absolute atomic E-state index is 0.541. The summed E-state index contributed by atoms with van der Waals surface area (Å²) in [5, 5.41) is 0. The molecule has 2 nitrogen and oxygen atoms in total. The van der Waals surface area contributed by atoms with E-state index in [4.69, 9.17) is 4.74 Å². The maximum absolute atomic E-state index is 10.8. The molecule has 19 heavy (non-hydrogen) atoms. The number of rotatable bonds is 5. The lowest BCUT2D eigenvalue weighted by atomic mass is 10.0. The summed E-state index contributed by atoms with van der Waals surface area (Å²) in [6, 6.07) is 13.7. The summed E-state index contributed by atoms with van der Waals surface area (Å²) in [7, 11) is 0. The fraction of sp³-hybridized carbons (Fsp3) is 0.235. The quantitative estimate of drug-likeness (QED) is 0.814. The largest absolute Gasteiger partial charge is 0.488 e. The molecule has 0 atom stereocenters. The Bertz CT molecular complexity index is 559. The molecular formula is C17H17O2. The molecule has 0 spiro atoms. The Morgan fingerprint density at radius 2 is 1.89 bits per heavy atom. The van der Waals surface area contributed by atoms with Gasteiger partial charge in [0.2, 0.25) is 6.29 Å². The number of aryl methyl sites for hydroxylation is 2. The highest BCUT2D eigenvalue weighted by molar-refractivity contribution is 5.77. The summed E-state index contributed by atoms with van der Waals surface area (Å²) >= 11 is 0. The van der Waals surface area contributed by atoms with Crippen LogP contribution >= 0.6 is 0 Å². The molecule has 2 aromatic rings. The van der Waals surface area contributed by atoms with Crippen molar-refractivity contribution in [3.63, 3.8) is 0 Å². The second kappa shape index (κ2) is 6.19. The van der Waals surface area contributed by atoms with Crippen LogP contribution in [0.3, 0.4) is 0 Å². The van der Waals surface area contributed by atoms with E-state index < -0.39 is 0 Å². The van der Waals surface area contributed by atoms with Gasteiger partial charge in [0.05, 0.1) is 0 Å². The Kier molecular flexibility index (Phi) is 4.35. The fourth-order valence-electron chi connectivity index (χ4n) is 2.10. The molecule has 0 saturated carbocycles. The first-order chi connectivity index (χ1) is 9.24. The van der Waals surface area contributed by atoms with Gasteiger partial charge in [-0.25, -0.2) is 0 Å².